The highest BCUT2D eigenvalue weighted by atomic mass is 35.5. The largest absolute Gasteiger partial charge is 0.270 e. The van der Waals surface area contributed by atoms with Gasteiger partial charge in [-0.05, 0) is 42.3 Å². The molecular formula is C21H18Cl2N2O. The monoisotopic (exact) mass is 384 g/mol. The summed E-state index contributed by atoms with van der Waals surface area (Å²) in [6.07, 6.45) is 0. The second-order valence-electron chi connectivity index (χ2n) is 5.74. The van der Waals surface area contributed by atoms with Crippen LogP contribution in [0.5, 0.6) is 0 Å². The molecule has 3 aromatic rings. The Morgan fingerprint density at radius 1 is 0.962 bits per heavy atom. The molecule has 0 aromatic heterocycles. The SMILES string of the molecule is Cc1cc(Cl)ccc1/N=C(\NOCc1ccccc1Cl)c1ccccc1. The van der Waals surface area contributed by atoms with Crippen LogP contribution < -0.4 is 5.48 Å². The Kier molecular flexibility index (Phi) is 6.29. The fourth-order valence-electron chi connectivity index (χ4n) is 2.40. The quantitative estimate of drug-likeness (QED) is 0.327. The predicted octanol–water partition coefficient (Wildman–Crippen LogP) is 6.10. The van der Waals surface area contributed by atoms with E-state index in [1.165, 1.54) is 0 Å². The number of rotatable bonds is 5. The Hall–Kier alpha value is -2.33. The van der Waals surface area contributed by atoms with Gasteiger partial charge in [-0.2, -0.15) is 0 Å². The molecule has 0 aliphatic carbocycles. The molecule has 0 saturated carbocycles. The summed E-state index contributed by atoms with van der Waals surface area (Å²) in [5, 5.41) is 1.35. The third-order valence-corrected chi connectivity index (χ3v) is 4.40. The molecule has 0 heterocycles. The molecule has 3 rings (SSSR count). The number of aryl methyl sites for hydroxylation is 1. The van der Waals surface area contributed by atoms with Crippen molar-refractivity contribution in [2.75, 3.05) is 0 Å². The molecule has 26 heavy (non-hydrogen) atoms. The van der Waals surface area contributed by atoms with E-state index in [1.807, 2.05) is 79.7 Å². The van der Waals surface area contributed by atoms with Crippen molar-refractivity contribution >= 4 is 34.7 Å². The van der Waals surface area contributed by atoms with Crippen LogP contribution in [-0.2, 0) is 11.4 Å². The number of hydroxylamine groups is 1. The molecule has 3 nitrogen and oxygen atoms in total. The minimum atomic E-state index is 0.325. The van der Waals surface area contributed by atoms with Crippen molar-refractivity contribution in [1.82, 2.24) is 5.48 Å². The number of aliphatic imine (C=N–C) groups is 1. The van der Waals surface area contributed by atoms with Crippen molar-refractivity contribution in [3.8, 4) is 0 Å². The summed E-state index contributed by atoms with van der Waals surface area (Å²) in [5.74, 6) is 0.614. The van der Waals surface area contributed by atoms with Crippen LogP contribution >= 0.6 is 23.2 Å². The minimum absolute atomic E-state index is 0.325. The molecule has 0 unspecified atom stereocenters. The summed E-state index contributed by atoms with van der Waals surface area (Å²) >= 11 is 12.2. The molecule has 0 amide bonds. The van der Waals surface area contributed by atoms with Crippen LogP contribution in [0.2, 0.25) is 10.0 Å². The van der Waals surface area contributed by atoms with Gasteiger partial charge in [0.25, 0.3) is 0 Å². The molecule has 0 spiro atoms. The Bertz CT molecular complexity index is 911. The first-order valence-corrected chi connectivity index (χ1v) is 8.90. The highest BCUT2D eigenvalue weighted by molar-refractivity contribution is 6.31. The fourth-order valence-corrected chi connectivity index (χ4v) is 2.82. The van der Waals surface area contributed by atoms with Crippen LogP contribution in [0.1, 0.15) is 16.7 Å². The van der Waals surface area contributed by atoms with Crippen LogP contribution in [0, 0.1) is 6.92 Å². The number of nitrogens with one attached hydrogen (secondary N) is 1. The van der Waals surface area contributed by atoms with E-state index in [0.29, 0.717) is 22.5 Å². The van der Waals surface area contributed by atoms with Crippen LogP contribution in [0.4, 0.5) is 5.69 Å². The molecule has 0 fully saturated rings. The van der Waals surface area contributed by atoms with Gasteiger partial charge in [0.05, 0.1) is 5.69 Å². The van der Waals surface area contributed by atoms with E-state index in [9.17, 15) is 0 Å². The maximum atomic E-state index is 6.17. The highest BCUT2D eigenvalue weighted by Gasteiger charge is 2.07. The molecule has 0 bridgehead atoms. The Morgan fingerprint density at radius 3 is 2.42 bits per heavy atom. The van der Waals surface area contributed by atoms with Crippen molar-refractivity contribution in [2.45, 2.75) is 13.5 Å². The van der Waals surface area contributed by atoms with Gasteiger partial charge in [0.15, 0.2) is 5.84 Å². The molecule has 0 saturated heterocycles. The van der Waals surface area contributed by atoms with Gasteiger partial charge in [-0.25, -0.2) is 10.5 Å². The second-order valence-corrected chi connectivity index (χ2v) is 6.58. The van der Waals surface area contributed by atoms with Gasteiger partial charge in [-0.3, -0.25) is 4.84 Å². The lowest BCUT2D eigenvalue weighted by Gasteiger charge is -2.12. The van der Waals surface area contributed by atoms with Gasteiger partial charge < -0.3 is 0 Å². The van der Waals surface area contributed by atoms with Crippen molar-refractivity contribution < 1.29 is 4.84 Å². The van der Waals surface area contributed by atoms with Crippen molar-refractivity contribution in [3.05, 3.63) is 99.5 Å². The summed E-state index contributed by atoms with van der Waals surface area (Å²) in [6, 6.07) is 23.0. The van der Waals surface area contributed by atoms with Crippen molar-refractivity contribution in [2.24, 2.45) is 4.99 Å². The van der Waals surface area contributed by atoms with E-state index in [2.05, 4.69) is 5.48 Å². The van der Waals surface area contributed by atoms with Crippen LogP contribution in [0.3, 0.4) is 0 Å². The second kappa shape index (κ2) is 8.86. The summed E-state index contributed by atoms with van der Waals surface area (Å²) in [5.41, 5.74) is 6.58. The first-order chi connectivity index (χ1) is 12.6. The van der Waals surface area contributed by atoms with E-state index in [1.54, 1.807) is 0 Å². The molecule has 1 N–H and O–H groups in total. The molecule has 132 valence electrons. The third-order valence-electron chi connectivity index (χ3n) is 3.79. The zero-order chi connectivity index (χ0) is 18.4. The van der Waals surface area contributed by atoms with Gasteiger partial charge in [-0.15, -0.1) is 0 Å². The van der Waals surface area contributed by atoms with E-state index in [0.717, 1.165) is 22.4 Å². The fraction of sp³-hybridized carbons (Fsp3) is 0.0952. The smallest absolute Gasteiger partial charge is 0.157 e. The normalized spacial score (nSPS) is 11.4. The number of hydrogen-bond acceptors (Lipinski definition) is 2. The van der Waals surface area contributed by atoms with Gasteiger partial charge in [0.1, 0.15) is 6.61 Å². The first kappa shape index (κ1) is 18.5. The van der Waals surface area contributed by atoms with Gasteiger partial charge in [-0.1, -0.05) is 71.7 Å². The maximum absolute atomic E-state index is 6.17. The van der Waals surface area contributed by atoms with E-state index in [4.69, 9.17) is 33.0 Å². The van der Waals surface area contributed by atoms with E-state index in [-0.39, 0.29) is 0 Å². The zero-order valence-corrected chi connectivity index (χ0v) is 15.8. The van der Waals surface area contributed by atoms with E-state index < -0.39 is 0 Å². The molecule has 0 radical (unpaired) electrons. The summed E-state index contributed by atoms with van der Waals surface area (Å²) in [7, 11) is 0. The highest BCUT2D eigenvalue weighted by Crippen LogP contribution is 2.23. The average Bonchev–Trinajstić information content (AvgIpc) is 2.65. The standard InChI is InChI=1S/C21H18Cl2N2O/c1-15-13-18(22)11-12-20(15)24-21(16-7-3-2-4-8-16)25-26-14-17-9-5-6-10-19(17)23/h2-13H,14H2,1H3,(H,24,25). The van der Waals surface area contributed by atoms with Gasteiger partial charge in [0, 0.05) is 15.6 Å². The number of amidine groups is 1. The summed E-state index contributed by atoms with van der Waals surface area (Å²) in [4.78, 5) is 10.4. The van der Waals surface area contributed by atoms with Crippen molar-refractivity contribution in [3.63, 3.8) is 0 Å². The first-order valence-electron chi connectivity index (χ1n) is 8.15. The maximum Gasteiger partial charge on any atom is 0.157 e. The Labute approximate surface area is 163 Å². The average molecular weight is 385 g/mol. The topological polar surface area (TPSA) is 33.6 Å². The lowest BCUT2D eigenvalue weighted by atomic mass is 10.2. The van der Waals surface area contributed by atoms with Crippen LogP contribution in [-0.4, -0.2) is 5.84 Å². The number of nitrogens with zero attached hydrogens (tertiary/aromatic N) is 1. The van der Waals surface area contributed by atoms with Gasteiger partial charge >= 0.3 is 0 Å². The molecular weight excluding hydrogens is 367 g/mol. The zero-order valence-electron chi connectivity index (χ0n) is 14.2. The molecule has 0 atom stereocenters. The predicted molar refractivity (Wildman–Crippen MR) is 108 cm³/mol. The minimum Gasteiger partial charge on any atom is -0.270 e. The van der Waals surface area contributed by atoms with E-state index >= 15 is 0 Å². The molecule has 5 heteroatoms. The third kappa shape index (κ3) is 4.85. The number of benzene rings is 3. The lowest BCUT2D eigenvalue weighted by Crippen LogP contribution is -2.24. The molecule has 3 aromatic carbocycles. The number of hydrogen-bond donors (Lipinski definition) is 1. The van der Waals surface area contributed by atoms with Crippen LogP contribution in [0.15, 0.2) is 77.8 Å². The summed E-state index contributed by atoms with van der Waals surface area (Å²) in [6.45, 7) is 2.29. The molecule has 0 aliphatic heterocycles. The molecule has 0 aliphatic rings. The lowest BCUT2D eigenvalue weighted by molar-refractivity contribution is 0.0716. The van der Waals surface area contributed by atoms with Gasteiger partial charge in [0.2, 0.25) is 0 Å². The number of halogens is 2. The summed E-state index contributed by atoms with van der Waals surface area (Å²) < 4.78 is 0. The Balaban J connectivity index is 1.82. The van der Waals surface area contributed by atoms with Crippen molar-refractivity contribution in [1.29, 1.82) is 0 Å². The Morgan fingerprint density at radius 2 is 1.69 bits per heavy atom. The van der Waals surface area contributed by atoms with Crippen LogP contribution in [0.25, 0.3) is 0 Å².